The van der Waals surface area contributed by atoms with Crippen molar-refractivity contribution in [3.05, 3.63) is 80.6 Å². The molecule has 4 rings (SSSR count). The molecule has 0 aliphatic carbocycles. The van der Waals surface area contributed by atoms with Gasteiger partial charge in [0.2, 0.25) is 0 Å². The van der Waals surface area contributed by atoms with Gasteiger partial charge < -0.3 is 10.1 Å². The van der Waals surface area contributed by atoms with E-state index in [0.29, 0.717) is 27.9 Å². The van der Waals surface area contributed by atoms with E-state index in [9.17, 15) is 9.59 Å². The van der Waals surface area contributed by atoms with Crippen molar-refractivity contribution in [2.24, 2.45) is 0 Å². The first kappa shape index (κ1) is 20.5. The van der Waals surface area contributed by atoms with Gasteiger partial charge in [-0.2, -0.15) is 0 Å². The molecule has 1 aliphatic heterocycles. The van der Waals surface area contributed by atoms with Gasteiger partial charge in [0, 0.05) is 9.90 Å². The van der Waals surface area contributed by atoms with Gasteiger partial charge >= 0.3 is 0 Å². The summed E-state index contributed by atoms with van der Waals surface area (Å²) in [6, 6.07) is 15.5. The second-order valence-electron chi connectivity index (χ2n) is 6.32. The molecule has 1 aromatic heterocycles. The monoisotopic (exact) mass is 458 g/mol. The highest BCUT2D eigenvalue weighted by Crippen LogP contribution is 2.39. The number of thiophene rings is 1. The minimum absolute atomic E-state index is 0.158. The number of hydrogen-bond donors (Lipinski definition) is 1. The Morgan fingerprint density at radius 1 is 1.03 bits per heavy atom. The van der Waals surface area contributed by atoms with Crippen LogP contribution in [0, 0.1) is 0 Å². The molecule has 30 heavy (non-hydrogen) atoms. The van der Waals surface area contributed by atoms with Crippen molar-refractivity contribution in [2.45, 2.75) is 6.92 Å². The van der Waals surface area contributed by atoms with Crippen LogP contribution >= 0.6 is 34.5 Å². The molecule has 5 nitrogen and oxygen atoms in total. The Labute approximate surface area is 187 Å². The lowest BCUT2D eigenvalue weighted by molar-refractivity contribution is -0.120. The molecular formula is C22H16Cl2N2O3S. The quantitative estimate of drug-likeness (QED) is 0.470. The summed E-state index contributed by atoms with van der Waals surface area (Å²) in [5.41, 5.74) is 1.26. The summed E-state index contributed by atoms with van der Waals surface area (Å²) in [5.74, 6) is -0.403. The Kier molecular flexibility index (Phi) is 5.81. The zero-order chi connectivity index (χ0) is 21.3. The number of anilines is 2. The van der Waals surface area contributed by atoms with E-state index in [1.165, 1.54) is 17.4 Å². The summed E-state index contributed by atoms with van der Waals surface area (Å²) < 4.78 is 5.65. The number of carbonyl (C=O) groups excluding carboxylic acids is 2. The predicted molar refractivity (Wildman–Crippen MR) is 121 cm³/mol. The lowest BCUT2D eigenvalue weighted by Crippen LogP contribution is -2.32. The maximum atomic E-state index is 13.4. The van der Waals surface area contributed by atoms with Crippen molar-refractivity contribution < 1.29 is 14.3 Å². The van der Waals surface area contributed by atoms with E-state index in [2.05, 4.69) is 5.32 Å². The number of benzene rings is 2. The number of nitrogens with zero attached hydrogens (tertiary/aromatic N) is 1. The number of ether oxygens (including phenoxy) is 1. The van der Waals surface area contributed by atoms with E-state index in [4.69, 9.17) is 27.9 Å². The van der Waals surface area contributed by atoms with Gasteiger partial charge in [-0.25, -0.2) is 4.90 Å². The molecular weight excluding hydrogens is 443 g/mol. The predicted octanol–water partition coefficient (Wildman–Crippen LogP) is 5.85. The highest BCUT2D eigenvalue weighted by molar-refractivity contribution is 7.11. The van der Waals surface area contributed by atoms with Gasteiger partial charge in [-0.1, -0.05) is 41.4 Å². The topological polar surface area (TPSA) is 58.6 Å². The molecule has 2 aromatic carbocycles. The lowest BCUT2D eigenvalue weighted by atomic mass is 10.1. The van der Waals surface area contributed by atoms with Crippen LogP contribution in [-0.4, -0.2) is 18.4 Å². The van der Waals surface area contributed by atoms with Crippen LogP contribution in [-0.2, 0) is 9.59 Å². The molecule has 0 unspecified atom stereocenters. The number of para-hydroxylation sites is 2. The molecule has 1 aliphatic rings. The smallest absolute Gasteiger partial charge is 0.282 e. The van der Waals surface area contributed by atoms with Crippen LogP contribution in [0.4, 0.5) is 11.4 Å². The molecule has 2 amide bonds. The Morgan fingerprint density at radius 3 is 2.57 bits per heavy atom. The fraction of sp³-hybridized carbons (Fsp3) is 0.0909. The Morgan fingerprint density at radius 2 is 1.83 bits per heavy atom. The summed E-state index contributed by atoms with van der Waals surface area (Å²) in [4.78, 5) is 28.5. The highest BCUT2D eigenvalue weighted by atomic mass is 35.5. The van der Waals surface area contributed by atoms with Crippen LogP contribution in [0.3, 0.4) is 0 Å². The van der Waals surface area contributed by atoms with Crippen LogP contribution in [0.15, 0.2) is 65.7 Å². The van der Waals surface area contributed by atoms with Crippen molar-refractivity contribution in [1.29, 1.82) is 0 Å². The minimum atomic E-state index is -0.515. The number of carbonyl (C=O) groups is 2. The number of imide groups is 1. The van der Waals surface area contributed by atoms with Gasteiger partial charge in [0.1, 0.15) is 11.4 Å². The standard InChI is InChI=1S/C22H16Cl2N2O3S/c1-2-29-17-7-4-3-6-15(17)25-20-19(18-8-5-11-30-18)21(27)26(22(20)28)16-12-13(23)9-10-14(16)24/h3-12,25H,2H2,1H3. The Hall–Kier alpha value is -2.80. The zero-order valence-electron chi connectivity index (χ0n) is 15.8. The maximum Gasteiger partial charge on any atom is 0.282 e. The Bertz CT molecular complexity index is 1160. The van der Waals surface area contributed by atoms with E-state index < -0.39 is 11.8 Å². The molecule has 8 heteroatoms. The summed E-state index contributed by atoms with van der Waals surface area (Å²) in [6.45, 7) is 2.34. The van der Waals surface area contributed by atoms with E-state index in [1.807, 2.05) is 30.5 Å². The second-order valence-corrected chi connectivity index (χ2v) is 8.11. The Balaban J connectivity index is 1.82. The molecule has 3 aromatic rings. The van der Waals surface area contributed by atoms with Crippen molar-refractivity contribution in [2.75, 3.05) is 16.8 Å². The third-order valence-electron chi connectivity index (χ3n) is 4.45. The summed E-state index contributed by atoms with van der Waals surface area (Å²) in [7, 11) is 0. The van der Waals surface area contributed by atoms with Crippen LogP contribution in [0.2, 0.25) is 10.0 Å². The first-order chi connectivity index (χ1) is 14.5. The number of amides is 2. The lowest BCUT2D eigenvalue weighted by Gasteiger charge is -2.17. The summed E-state index contributed by atoms with van der Waals surface area (Å²) in [6.07, 6.45) is 0. The molecule has 152 valence electrons. The normalized spacial score (nSPS) is 13.9. The first-order valence-electron chi connectivity index (χ1n) is 9.12. The third kappa shape index (κ3) is 3.69. The van der Waals surface area contributed by atoms with Crippen molar-refractivity contribution in [3.63, 3.8) is 0 Å². The third-order valence-corrected chi connectivity index (χ3v) is 5.89. The number of halogens is 2. The van der Waals surface area contributed by atoms with Crippen molar-refractivity contribution in [3.8, 4) is 5.75 Å². The molecule has 0 spiro atoms. The van der Waals surface area contributed by atoms with Crippen LogP contribution < -0.4 is 15.0 Å². The van der Waals surface area contributed by atoms with Gasteiger partial charge in [-0.3, -0.25) is 9.59 Å². The highest BCUT2D eigenvalue weighted by Gasteiger charge is 2.41. The molecule has 0 saturated carbocycles. The van der Waals surface area contributed by atoms with Crippen molar-refractivity contribution >= 4 is 63.3 Å². The largest absolute Gasteiger partial charge is 0.492 e. The molecule has 0 radical (unpaired) electrons. The van der Waals surface area contributed by atoms with E-state index in [-0.39, 0.29) is 22.0 Å². The number of rotatable bonds is 6. The molecule has 0 atom stereocenters. The van der Waals surface area contributed by atoms with Crippen LogP contribution in [0.1, 0.15) is 11.8 Å². The average Bonchev–Trinajstić information content (AvgIpc) is 3.33. The SMILES string of the molecule is CCOc1ccccc1NC1=C(c2cccs2)C(=O)N(c2cc(Cl)ccc2Cl)C1=O. The van der Waals surface area contributed by atoms with E-state index in [0.717, 1.165) is 4.90 Å². The number of hydrogen-bond acceptors (Lipinski definition) is 5. The molecule has 2 heterocycles. The van der Waals surface area contributed by atoms with Gasteiger partial charge in [0.15, 0.2) is 0 Å². The fourth-order valence-electron chi connectivity index (χ4n) is 3.16. The van der Waals surface area contributed by atoms with Crippen molar-refractivity contribution in [1.82, 2.24) is 0 Å². The fourth-order valence-corrected chi connectivity index (χ4v) is 4.29. The van der Waals surface area contributed by atoms with Crippen LogP contribution in [0.25, 0.3) is 5.57 Å². The van der Waals surface area contributed by atoms with E-state index >= 15 is 0 Å². The minimum Gasteiger partial charge on any atom is -0.492 e. The molecule has 0 fully saturated rings. The number of nitrogens with one attached hydrogen (secondary N) is 1. The van der Waals surface area contributed by atoms with Gasteiger partial charge in [0.25, 0.3) is 11.8 Å². The second kappa shape index (κ2) is 8.52. The van der Waals surface area contributed by atoms with Gasteiger partial charge in [0.05, 0.1) is 28.6 Å². The molecule has 0 bridgehead atoms. The first-order valence-corrected chi connectivity index (χ1v) is 10.8. The molecule has 1 N–H and O–H groups in total. The zero-order valence-corrected chi connectivity index (χ0v) is 18.1. The van der Waals surface area contributed by atoms with Gasteiger partial charge in [-0.15, -0.1) is 11.3 Å². The summed E-state index contributed by atoms with van der Waals surface area (Å²) >= 11 is 13.8. The maximum absolute atomic E-state index is 13.4. The van der Waals surface area contributed by atoms with Crippen LogP contribution in [0.5, 0.6) is 5.75 Å². The summed E-state index contributed by atoms with van der Waals surface area (Å²) in [5, 5.41) is 5.59. The average molecular weight is 459 g/mol. The van der Waals surface area contributed by atoms with E-state index in [1.54, 1.807) is 30.3 Å². The van der Waals surface area contributed by atoms with Gasteiger partial charge in [-0.05, 0) is 48.7 Å². The molecule has 0 saturated heterocycles.